The van der Waals surface area contributed by atoms with Crippen molar-refractivity contribution in [2.45, 2.75) is 70.4 Å². The van der Waals surface area contributed by atoms with Gasteiger partial charge in [0, 0.05) is 24.2 Å². The van der Waals surface area contributed by atoms with E-state index >= 15 is 0 Å². The lowest BCUT2D eigenvalue weighted by molar-refractivity contribution is -0.119. The van der Waals surface area contributed by atoms with Crippen LogP contribution in [0.3, 0.4) is 0 Å². The lowest BCUT2D eigenvalue weighted by Crippen LogP contribution is -2.33. The fraction of sp³-hybridized carbons (Fsp3) is 0.650. The van der Waals surface area contributed by atoms with Gasteiger partial charge in [0.15, 0.2) is 0 Å². The quantitative estimate of drug-likeness (QED) is 0.863. The molecule has 3 heteroatoms. The number of carbonyl (C=O) groups is 1. The Morgan fingerprint density at radius 1 is 1.04 bits per heavy atom. The van der Waals surface area contributed by atoms with Crippen LogP contribution in [-0.4, -0.2) is 23.9 Å². The zero-order valence-corrected chi connectivity index (χ0v) is 14.4. The van der Waals surface area contributed by atoms with E-state index in [0.717, 1.165) is 25.1 Å². The molecule has 3 rings (SSSR count). The maximum absolute atomic E-state index is 12.4. The number of nitrogens with zero attached hydrogens (tertiary/aromatic N) is 1. The Kier molecular flexibility index (Phi) is 5.71. The van der Waals surface area contributed by atoms with Crippen molar-refractivity contribution in [2.75, 3.05) is 12.4 Å². The Balaban J connectivity index is 1.63. The average Bonchev–Trinajstić information content (AvgIpc) is 3.12. The van der Waals surface area contributed by atoms with Crippen LogP contribution in [0.15, 0.2) is 24.3 Å². The summed E-state index contributed by atoms with van der Waals surface area (Å²) >= 11 is 0. The van der Waals surface area contributed by atoms with Gasteiger partial charge in [-0.25, -0.2) is 0 Å². The number of hydrogen-bond donors (Lipinski definition) is 1. The van der Waals surface area contributed by atoms with E-state index in [0.29, 0.717) is 6.04 Å². The van der Waals surface area contributed by atoms with E-state index < -0.39 is 0 Å². The molecule has 3 nitrogen and oxygen atoms in total. The average molecular weight is 314 g/mol. The molecule has 0 aromatic heterocycles. The second-order valence-electron chi connectivity index (χ2n) is 7.33. The number of nitrogens with one attached hydrogen (secondary N) is 1. The number of anilines is 1. The molecule has 0 heterocycles. The molecule has 0 spiro atoms. The minimum atomic E-state index is 0.218. The van der Waals surface area contributed by atoms with Crippen LogP contribution in [-0.2, 0) is 11.3 Å². The molecule has 1 aromatic rings. The van der Waals surface area contributed by atoms with Gasteiger partial charge in [-0.2, -0.15) is 0 Å². The van der Waals surface area contributed by atoms with Crippen LogP contribution >= 0.6 is 0 Å². The molecule has 0 aliphatic heterocycles. The molecule has 23 heavy (non-hydrogen) atoms. The summed E-state index contributed by atoms with van der Waals surface area (Å²) in [5.74, 6) is 0.439. The van der Waals surface area contributed by atoms with E-state index in [-0.39, 0.29) is 11.8 Å². The first-order valence-corrected chi connectivity index (χ1v) is 9.33. The van der Waals surface area contributed by atoms with Crippen LogP contribution in [0.1, 0.15) is 63.4 Å². The van der Waals surface area contributed by atoms with Gasteiger partial charge in [0.1, 0.15) is 0 Å². The van der Waals surface area contributed by atoms with Crippen molar-refractivity contribution >= 4 is 11.6 Å². The third-order valence-electron chi connectivity index (χ3n) is 5.62. The second-order valence-corrected chi connectivity index (χ2v) is 7.33. The molecule has 0 radical (unpaired) electrons. The molecule has 2 fully saturated rings. The minimum absolute atomic E-state index is 0.218. The summed E-state index contributed by atoms with van der Waals surface area (Å²) in [6, 6.07) is 9.01. The predicted octanol–water partition coefficient (Wildman–Crippen LogP) is 4.58. The van der Waals surface area contributed by atoms with Gasteiger partial charge in [0.25, 0.3) is 0 Å². The maximum Gasteiger partial charge on any atom is 0.227 e. The molecule has 1 N–H and O–H groups in total. The van der Waals surface area contributed by atoms with E-state index in [9.17, 15) is 4.79 Å². The van der Waals surface area contributed by atoms with E-state index in [2.05, 4.69) is 35.5 Å². The molecular formula is C20H30N2O. The van der Waals surface area contributed by atoms with Crippen molar-refractivity contribution in [3.05, 3.63) is 29.8 Å². The summed E-state index contributed by atoms with van der Waals surface area (Å²) in [5.41, 5.74) is 2.25. The van der Waals surface area contributed by atoms with E-state index in [4.69, 9.17) is 0 Å². The monoisotopic (exact) mass is 314 g/mol. The Bertz CT molecular complexity index is 516. The van der Waals surface area contributed by atoms with Gasteiger partial charge >= 0.3 is 0 Å². The van der Waals surface area contributed by atoms with Gasteiger partial charge in [0.2, 0.25) is 5.91 Å². The fourth-order valence-corrected chi connectivity index (χ4v) is 4.12. The fourth-order valence-electron chi connectivity index (χ4n) is 4.12. The van der Waals surface area contributed by atoms with E-state index in [1.807, 2.05) is 6.07 Å². The maximum atomic E-state index is 12.4. The molecule has 0 atom stereocenters. The Hall–Kier alpha value is -1.35. The van der Waals surface area contributed by atoms with Gasteiger partial charge < -0.3 is 5.32 Å². The van der Waals surface area contributed by atoms with Crippen molar-refractivity contribution in [1.29, 1.82) is 0 Å². The van der Waals surface area contributed by atoms with Crippen molar-refractivity contribution in [3.63, 3.8) is 0 Å². The molecule has 0 saturated heterocycles. The number of amides is 1. The lowest BCUT2D eigenvalue weighted by atomic mass is 9.94. The number of rotatable bonds is 5. The lowest BCUT2D eigenvalue weighted by Gasteiger charge is -2.31. The third-order valence-corrected chi connectivity index (χ3v) is 5.62. The molecule has 1 amide bonds. The summed E-state index contributed by atoms with van der Waals surface area (Å²) in [5, 5.41) is 3.20. The van der Waals surface area contributed by atoms with Crippen LogP contribution in [0.2, 0.25) is 0 Å². The van der Waals surface area contributed by atoms with Gasteiger partial charge in [-0.05, 0) is 44.4 Å². The van der Waals surface area contributed by atoms with Crippen molar-refractivity contribution in [3.8, 4) is 0 Å². The van der Waals surface area contributed by atoms with Crippen LogP contribution in [0.4, 0.5) is 5.69 Å². The first-order valence-electron chi connectivity index (χ1n) is 9.33. The van der Waals surface area contributed by atoms with Crippen LogP contribution in [0.5, 0.6) is 0 Å². The summed E-state index contributed by atoms with van der Waals surface area (Å²) in [7, 11) is 2.23. The van der Waals surface area contributed by atoms with Gasteiger partial charge in [-0.3, -0.25) is 9.69 Å². The smallest absolute Gasteiger partial charge is 0.227 e. The first-order chi connectivity index (χ1) is 11.2. The molecule has 0 bridgehead atoms. The molecule has 2 aliphatic carbocycles. The molecular weight excluding hydrogens is 284 g/mol. The highest BCUT2D eigenvalue weighted by Gasteiger charge is 2.24. The highest BCUT2D eigenvalue weighted by molar-refractivity contribution is 5.93. The largest absolute Gasteiger partial charge is 0.326 e. The number of carbonyl (C=O) groups excluding carboxylic acids is 1. The second kappa shape index (κ2) is 7.96. The molecule has 1 aromatic carbocycles. The molecule has 0 unspecified atom stereocenters. The standard InChI is InChI=1S/C20H30N2O/c1-22(18-12-3-2-4-13-18)15-17-11-7-8-14-19(17)21-20(23)16-9-5-6-10-16/h7-8,11,14,16,18H,2-6,9-10,12-13,15H2,1H3,(H,21,23). The zero-order valence-electron chi connectivity index (χ0n) is 14.4. The first kappa shape index (κ1) is 16.5. The third kappa shape index (κ3) is 4.35. The normalized spacial score (nSPS) is 20.1. The summed E-state index contributed by atoms with van der Waals surface area (Å²) < 4.78 is 0. The predicted molar refractivity (Wildman–Crippen MR) is 95.4 cm³/mol. The SMILES string of the molecule is CN(Cc1ccccc1NC(=O)C1CCCC1)C1CCCCC1. The Morgan fingerprint density at radius 2 is 1.70 bits per heavy atom. The summed E-state index contributed by atoms with van der Waals surface area (Å²) in [4.78, 5) is 14.9. The van der Waals surface area contributed by atoms with E-state index in [1.165, 1.54) is 50.5 Å². The number of hydrogen-bond acceptors (Lipinski definition) is 2. The van der Waals surface area contributed by atoms with Crippen molar-refractivity contribution in [1.82, 2.24) is 4.90 Å². The van der Waals surface area contributed by atoms with Crippen LogP contribution in [0.25, 0.3) is 0 Å². The van der Waals surface area contributed by atoms with Gasteiger partial charge in [0.05, 0.1) is 0 Å². The zero-order chi connectivity index (χ0) is 16.1. The highest BCUT2D eigenvalue weighted by atomic mass is 16.1. The van der Waals surface area contributed by atoms with Crippen LogP contribution in [0, 0.1) is 5.92 Å². The molecule has 126 valence electrons. The molecule has 2 saturated carbocycles. The highest BCUT2D eigenvalue weighted by Crippen LogP contribution is 2.28. The topological polar surface area (TPSA) is 32.3 Å². The van der Waals surface area contributed by atoms with Crippen LogP contribution < -0.4 is 5.32 Å². The Labute approximate surface area is 140 Å². The Morgan fingerprint density at radius 3 is 2.43 bits per heavy atom. The van der Waals surface area contributed by atoms with Gasteiger partial charge in [-0.1, -0.05) is 50.3 Å². The van der Waals surface area contributed by atoms with Gasteiger partial charge in [-0.15, -0.1) is 0 Å². The van der Waals surface area contributed by atoms with Crippen molar-refractivity contribution in [2.24, 2.45) is 5.92 Å². The minimum Gasteiger partial charge on any atom is -0.326 e. The summed E-state index contributed by atoms with van der Waals surface area (Å²) in [6.07, 6.45) is 11.2. The summed E-state index contributed by atoms with van der Waals surface area (Å²) in [6.45, 7) is 0.922. The van der Waals surface area contributed by atoms with E-state index in [1.54, 1.807) is 0 Å². The molecule has 2 aliphatic rings. The number of benzene rings is 1. The van der Waals surface area contributed by atoms with Crippen molar-refractivity contribution < 1.29 is 4.79 Å². The number of para-hydroxylation sites is 1.